The highest BCUT2D eigenvalue weighted by molar-refractivity contribution is 5.97. The first-order valence-electron chi connectivity index (χ1n) is 9.17. The summed E-state index contributed by atoms with van der Waals surface area (Å²) in [4.78, 5) is 20.1. The molecule has 4 rings (SSSR count). The van der Waals surface area contributed by atoms with Gasteiger partial charge >= 0.3 is 0 Å². The molecule has 6 heteroatoms. The standard InChI is InChI=1S/C21H22N4O2/c1-16-5-2-3-6-17(16)15-23-11-13-24(14-12-23)20-9-8-19(25(26)27)18-7-4-10-22-21(18)20/h2-10H,11-15H2,1H3. The number of hydrogen-bond acceptors (Lipinski definition) is 5. The van der Waals surface area contributed by atoms with Crippen molar-refractivity contribution in [3.05, 3.63) is 76.0 Å². The molecule has 0 aliphatic carbocycles. The summed E-state index contributed by atoms with van der Waals surface area (Å²) in [6, 6.07) is 15.5. The molecule has 0 radical (unpaired) electrons. The Kier molecular flexibility index (Phi) is 4.73. The zero-order valence-electron chi connectivity index (χ0n) is 15.3. The highest BCUT2D eigenvalue weighted by atomic mass is 16.6. The lowest BCUT2D eigenvalue weighted by molar-refractivity contribution is -0.383. The van der Waals surface area contributed by atoms with Crippen LogP contribution in [0.3, 0.4) is 0 Å². The topological polar surface area (TPSA) is 62.5 Å². The first-order chi connectivity index (χ1) is 13.1. The second-order valence-electron chi connectivity index (χ2n) is 6.95. The predicted molar refractivity (Wildman–Crippen MR) is 107 cm³/mol. The zero-order valence-corrected chi connectivity index (χ0v) is 15.3. The molecule has 1 aliphatic rings. The Morgan fingerprint density at radius 2 is 1.81 bits per heavy atom. The Labute approximate surface area is 158 Å². The maximum Gasteiger partial charge on any atom is 0.278 e. The molecule has 0 saturated carbocycles. The highest BCUT2D eigenvalue weighted by Gasteiger charge is 2.22. The molecular weight excluding hydrogens is 340 g/mol. The molecule has 27 heavy (non-hydrogen) atoms. The molecule has 0 bridgehead atoms. The number of nitrogens with zero attached hydrogens (tertiary/aromatic N) is 4. The third-order valence-corrected chi connectivity index (χ3v) is 5.29. The number of nitro groups is 1. The number of aryl methyl sites for hydroxylation is 1. The van der Waals surface area contributed by atoms with Crippen LogP contribution >= 0.6 is 0 Å². The molecule has 2 heterocycles. The van der Waals surface area contributed by atoms with Crippen LogP contribution in [0.4, 0.5) is 11.4 Å². The fraction of sp³-hybridized carbons (Fsp3) is 0.286. The molecule has 6 nitrogen and oxygen atoms in total. The third kappa shape index (κ3) is 3.48. The lowest BCUT2D eigenvalue weighted by Crippen LogP contribution is -2.46. The van der Waals surface area contributed by atoms with Gasteiger partial charge in [0.1, 0.15) is 5.52 Å². The molecule has 1 fully saturated rings. The summed E-state index contributed by atoms with van der Waals surface area (Å²) in [6.07, 6.45) is 1.70. The van der Waals surface area contributed by atoms with Crippen molar-refractivity contribution < 1.29 is 4.92 Å². The van der Waals surface area contributed by atoms with Gasteiger partial charge in [0.05, 0.1) is 16.0 Å². The quantitative estimate of drug-likeness (QED) is 0.522. The fourth-order valence-electron chi connectivity index (χ4n) is 3.73. The van der Waals surface area contributed by atoms with Crippen LogP contribution in [0.2, 0.25) is 0 Å². The van der Waals surface area contributed by atoms with Crippen molar-refractivity contribution in [3.63, 3.8) is 0 Å². The number of benzene rings is 2. The van der Waals surface area contributed by atoms with Crippen molar-refractivity contribution in [1.82, 2.24) is 9.88 Å². The summed E-state index contributed by atoms with van der Waals surface area (Å²) in [5, 5.41) is 11.9. The van der Waals surface area contributed by atoms with Crippen LogP contribution in [0.1, 0.15) is 11.1 Å². The van der Waals surface area contributed by atoms with E-state index in [1.165, 1.54) is 11.1 Å². The van der Waals surface area contributed by atoms with E-state index in [9.17, 15) is 10.1 Å². The van der Waals surface area contributed by atoms with E-state index in [-0.39, 0.29) is 10.6 Å². The van der Waals surface area contributed by atoms with E-state index in [0.717, 1.165) is 38.4 Å². The first kappa shape index (κ1) is 17.4. The summed E-state index contributed by atoms with van der Waals surface area (Å²) in [7, 11) is 0. The zero-order chi connectivity index (χ0) is 18.8. The van der Waals surface area contributed by atoms with Crippen molar-refractivity contribution >= 4 is 22.3 Å². The van der Waals surface area contributed by atoms with E-state index in [0.29, 0.717) is 10.9 Å². The smallest absolute Gasteiger partial charge is 0.278 e. The summed E-state index contributed by atoms with van der Waals surface area (Å²) in [5.74, 6) is 0. The lowest BCUT2D eigenvalue weighted by atomic mass is 10.1. The van der Waals surface area contributed by atoms with Gasteiger partial charge in [0.15, 0.2) is 0 Å². The Bertz CT molecular complexity index is 981. The minimum Gasteiger partial charge on any atom is -0.367 e. The molecule has 0 amide bonds. The van der Waals surface area contributed by atoms with Crippen LogP contribution < -0.4 is 4.90 Å². The van der Waals surface area contributed by atoms with Gasteiger partial charge in [-0.2, -0.15) is 0 Å². The number of nitro benzene ring substituents is 1. The number of non-ortho nitro benzene ring substituents is 1. The van der Waals surface area contributed by atoms with Gasteiger partial charge in [-0.05, 0) is 36.2 Å². The second-order valence-corrected chi connectivity index (χ2v) is 6.95. The van der Waals surface area contributed by atoms with Gasteiger partial charge in [-0.25, -0.2) is 0 Å². The van der Waals surface area contributed by atoms with Gasteiger partial charge in [0.2, 0.25) is 0 Å². The number of hydrogen-bond donors (Lipinski definition) is 0. The molecule has 138 valence electrons. The van der Waals surface area contributed by atoms with E-state index in [1.54, 1.807) is 24.4 Å². The molecule has 0 unspecified atom stereocenters. The largest absolute Gasteiger partial charge is 0.367 e. The van der Waals surface area contributed by atoms with Gasteiger partial charge in [0, 0.05) is 45.0 Å². The average molecular weight is 362 g/mol. The molecule has 1 aliphatic heterocycles. The number of fused-ring (bicyclic) bond motifs is 1. The molecule has 1 saturated heterocycles. The molecule has 3 aromatic rings. The maximum absolute atomic E-state index is 11.3. The van der Waals surface area contributed by atoms with E-state index in [4.69, 9.17) is 0 Å². The lowest BCUT2D eigenvalue weighted by Gasteiger charge is -2.36. The fourth-order valence-corrected chi connectivity index (χ4v) is 3.73. The number of aromatic nitrogens is 1. The van der Waals surface area contributed by atoms with Crippen LogP contribution in [-0.4, -0.2) is 41.0 Å². The van der Waals surface area contributed by atoms with Gasteiger partial charge < -0.3 is 4.90 Å². The monoisotopic (exact) mass is 362 g/mol. The molecule has 0 atom stereocenters. The van der Waals surface area contributed by atoms with Crippen molar-refractivity contribution in [3.8, 4) is 0 Å². The summed E-state index contributed by atoms with van der Waals surface area (Å²) < 4.78 is 0. The van der Waals surface area contributed by atoms with Crippen molar-refractivity contribution in [1.29, 1.82) is 0 Å². The van der Waals surface area contributed by atoms with Crippen molar-refractivity contribution in [2.24, 2.45) is 0 Å². The first-order valence-corrected chi connectivity index (χ1v) is 9.17. The van der Waals surface area contributed by atoms with E-state index in [2.05, 4.69) is 46.0 Å². The van der Waals surface area contributed by atoms with E-state index < -0.39 is 0 Å². The number of pyridine rings is 1. The third-order valence-electron chi connectivity index (χ3n) is 5.29. The van der Waals surface area contributed by atoms with Gasteiger partial charge in [-0.15, -0.1) is 0 Å². The Morgan fingerprint density at radius 1 is 1.04 bits per heavy atom. The van der Waals surface area contributed by atoms with Crippen LogP contribution in [-0.2, 0) is 6.54 Å². The number of piperazine rings is 1. The van der Waals surface area contributed by atoms with E-state index >= 15 is 0 Å². The van der Waals surface area contributed by atoms with Crippen molar-refractivity contribution in [2.45, 2.75) is 13.5 Å². The van der Waals surface area contributed by atoms with Crippen LogP contribution in [0.5, 0.6) is 0 Å². The summed E-state index contributed by atoms with van der Waals surface area (Å²) in [6.45, 7) is 6.80. The van der Waals surface area contributed by atoms with Gasteiger partial charge in [0.25, 0.3) is 5.69 Å². The van der Waals surface area contributed by atoms with Crippen LogP contribution in [0.25, 0.3) is 10.9 Å². The average Bonchev–Trinajstić information content (AvgIpc) is 2.69. The normalized spacial score (nSPS) is 15.2. The molecular formula is C21H22N4O2. The number of anilines is 1. The summed E-state index contributed by atoms with van der Waals surface area (Å²) >= 11 is 0. The molecule has 1 aromatic heterocycles. The predicted octanol–water partition coefficient (Wildman–Crippen LogP) is 3.77. The maximum atomic E-state index is 11.3. The second kappa shape index (κ2) is 7.32. The highest BCUT2D eigenvalue weighted by Crippen LogP contribution is 2.32. The van der Waals surface area contributed by atoms with E-state index in [1.807, 2.05) is 6.07 Å². The SMILES string of the molecule is Cc1ccccc1CN1CCN(c2ccc([N+](=O)[O-])c3cccnc23)CC1. The van der Waals surface area contributed by atoms with Crippen molar-refractivity contribution in [2.75, 3.05) is 31.1 Å². The number of rotatable bonds is 4. The molecule has 2 aromatic carbocycles. The van der Waals surface area contributed by atoms with Gasteiger partial charge in [-0.1, -0.05) is 24.3 Å². The summed E-state index contributed by atoms with van der Waals surface area (Å²) in [5.41, 5.74) is 4.49. The molecule has 0 spiro atoms. The molecule has 0 N–H and O–H groups in total. The van der Waals surface area contributed by atoms with Crippen LogP contribution in [0.15, 0.2) is 54.7 Å². The Morgan fingerprint density at radius 3 is 2.56 bits per heavy atom. The Hall–Kier alpha value is -2.99. The Balaban J connectivity index is 1.53. The van der Waals surface area contributed by atoms with Gasteiger partial charge in [-0.3, -0.25) is 20.0 Å². The van der Waals surface area contributed by atoms with Crippen LogP contribution in [0, 0.1) is 17.0 Å². The minimum absolute atomic E-state index is 0.111. The minimum atomic E-state index is -0.339.